The minimum atomic E-state index is -0.519. The first-order chi connectivity index (χ1) is 15.0. The zero-order chi connectivity index (χ0) is 22.1. The van der Waals surface area contributed by atoms with Gasteiger partial charge in [0.05, 0.1) is 24.4 Å². The van der Waals surface area contributed by atoms with Crippen LogP contribution in [0.5, 0.6) is 0 Å². The Morgan fingerprint density at radius 1 is 1.03 bits per heavy atom. The highest BCUT2D eigenvalue weighted by molar-refractivity contribution is 6.10. The molecule has 1 heterocycles. The van der Waals surface area contributed by atoms with Gasteiger partial charge >= 0.3 is 5.97 Å². The molecule has 158 valence electrons. The van der Waals surface area contributed by atoms with Crippen LogP contribution in [0.25, 0.3) is 0 Å². The van der Waals surface area contributed by atoms with Gasteiger partial charge in [-0.05, 0) is 61.5 Å². The second-order valence-corrected chi connectivity index (χ2v) is 6.37. The van der Waals surface area contributed by atoms with Crippen molar-refractivity contribution in [1.29, 1.82) is 0 Å². The maximum Gasteiger partial charge on any atom is 0.338 e. The molecule has 2 aromatic carbocycles. The molecule has 31 heavy (non-hydrogen) atoms. The zero-order valence-corrected chi connectivity index (χ0v) is 16.8. The van der Waals surface area contributed by atoms with Gasteiger partial charge in [-0.3, -0.25) is 15.1 Å². The number of hydrogen-bond donors (Lipinski definition) is 2. The lowest BCUT2D eigenvalue weighted by Crippen LogP contribution is -2.36. The Hall–Kier alpha value is -4.07. The quantitative estimate of drug-likeness (QED) is 0.360. The van der Waals surface area contributed by atoms with E-state index in [0.717, 1.165) is 6.07 Å². The van der Waals surface area contributed by atoms with E-state index < -0.39 is 17.7 Å². The maximum atomic E-state index is 13.5. The zero-order valence-electron chi connectivity index (χ0n) is 16.8. The third kappa shape index (κ3) is 6.46. The Morgan fingerprint density at radius 2 is 1.84 bits per heavy atom. The fourth-order valence-electron chi connectivity index (χ4n) is 2.61. The summed E-state index contributed by atoms with van der Waals surface area (Å²) in [5.74, 6) is -1.29. The van der Waals surface area contributed by atoms with Gasteiger partial charge in [0.25, 0.3) is 5.91 Å². The van der Waals surface area contributed by atoms with Crippen LogP contribution in [-0.4, -0.2) is 29.4 Å². The highest BCUT2D eigenvalue weighted by Gasteiger charge is 2.11. The summed E-state index contributed by atoms with van der Waals surface area (Å²) in [6.45, 7) is 2.24. The van der Waals surface area contributed by atoms with Crippen molar-refractivity contribution in [3.63, 3.8) is 0 Å². The number of amides is 1. The Kier molecular flexibility index (Phi) is 7.42. The normalized spacial score (nSPS) is 11.0. The van der Waals surface area contributed by atoms with Gasteiger partial charge in [0.2, 0.25) is 5.96 Å². The summed E-state index contributed by atoms with van der Waals surface area (Å²) in [6, 6.07) is 17.3. The summed E-state index contributed by atoms with van der Waals surface area (Å²) < 4.78 is 18.4. The Bertz CT molecular complexity index is 1070. The molecule has 0 aliphatic carbocycles. The number of pyridine rings is 1. The van der Waals surface area contributed by atoms with Crippen molar-refractivity contribution in [3.8, 4) is 0 Å². The van der Waals surface area contributed by atoms with Crippen LogP contribution >= 0.6 is 0 Å². The molecular weight excluding hydrogens is 399 g/mol. The van der Waals surface area contributed by atoms with Gasteiger partial charge in [0.1, 0.15) is 5.82 Å². The number of esters is 1. The fraction of sp³-hybridized carbons (Fsp3) is 0.130. The van der Waals surface area contributed by atoms with E-state index in [4.69, 9.17) is 4.74 Å². The standard InChI is InChI=1S/C23H21FN4O3/c1-2-31-22(30)16-9-11-19(12-10-16)27-23(26-15-20-8-3-4-13-25-20)28-21(29)17-6-5-7-18(24)14-17/h3-14H,2,15H2,1H3,(H2,26,27,28,29). The highest BCUT2D eigenvalue weighted by atomic mass is 19.1. The van der Waals surface area contributed by atoms with Crippen molar-refractivity contribution < 1.29 is 18.7 Å². The number of halogens is 1. The van der Waals surface area contributed by atoms with Gasteiger partial charge in [-0.1, -0.05) is 12.1 Å². The molecule has 0 saturated heterocycles. The van der Waals surface area contributed by atoms with Gasteiger partial charge in [-0.2, -0.15) is 0 Å². The average molecular weight is 420 g/mol. The number of guanidine groups is 1. The number of nitrogens with zero attached hydrogens (tertiary/aromatic N) is 2. The molecule has 0 spiro atoms. The third-order valence-electron chi connectivity index (χ3n) is 4.10. The molecule has 2 N–H and O–H groups in total. The molecule has 8 heteroatoms. The van der Waals surface area contributed by atoms with Crippen molar-refractivity contribution in [2.75, 3.05) is 11.9 Å². The smallest absolute Gasteiger partial charge is 0.338 e. The van der Waals surface area contributed by atoms with E-state index in [1.54, 1.807) is 43.5 Å². The molecule has 0 aliphatic rings. The van der Waals surface area contributed by atoms with Crippen LogP contribution in [-0.2, 0) is 11.3 Å². The molecule has 0 fully saturated rings. The van der Waals surface area contributed by atoms with Crippen LogP contribution in [0.4, 0.5) is 10.1 Å². The first-order valence-corrected chi connectivity index (χ1v) is 9.60. The van der Waals surface area contributed by atoms with Crippen molar-refractivity contribution in [2.45, 2.75) is 13.5 Å². The number of aliphatic imine (C=N–C) groups is 1. The molecule has 0 aliphatic heterocycles. The molecule has 1 amide bonds. The molecule has 1 aromatic heterocycles. The van der Waals surface area contributed by atoms with Crippen LogP contribution < -0.4 is 10.6 Å². The van der Waals surface area contributed by atoms with Crippen LogP contribution in [0.2, 0.25) is 0 Å². The SMILES string of the molecule is CCOC(=O)c1ccc(NC(=NCc2ccccn2)NC(=O)c2cccc(F)c2)cc1. The molecule has 0 radical (unpaired) electrons. The van der Waals surface area contributed by atoms with Crippen LogP contribution in [0.3, 0.4) is 0 Å². The van der Waals surface area contributed by atoms with Gasteiger partial charge in [-0.25, -0.2) is 14.2 Å². The second-order valence-electron chi connectivity index (χ2n) is 6.37. The van der Waals surface area contributed by atoms with E-state index in [2.05, 4.69) is 20.6 Å². The lowest BCUT2D eigenvalue weighted by atomic mass is 10.2. The summed E-state index contributed by atoms with van der Waals surface area (Å²) in [5, 5.41) is 5.66. The van der Waals surface area contributed by atoms with Crippen LogP contribution in [0.15, 0.2) is 77.9 Å². The topological polar surface area (TPSA) is 92.7 Å². The largest absolute Gasteiger partial charge is 0.462 e. The second kappa shape index (κ2) is 10.6. The average Bonchev–Trinajstić information content (AvgIpc) is 2.79. The van der Waals surface area contributed by atoms with Crippen molar-refractivity contribution >= 4 is 23.5 Å². The Labute approximate surface area is 179 Å². The summed E-state index contributed by atoms with van der Waals surface area (Å²) in [4.78, 5) is 33.0. The Balaban J connectivity index is 1.78. The van der Waals surface area contributed by atoms with E-state index in [0.29, 0.717) is 16.9 Å². The summed E-state index contributed by atoms with van der Waals surface area (Å²) in [6.07, 6.45) is 1.65. The first kappa shape index (κ1) is 21.6. The third-order valence-corrected chi connectivity index (χ3v) is 4.10. The summed E-state index contributed by atoms with van der Waals surface area (Å²) in [5.41, 5.74) is 1.86. The minimum Gasteiger partial charge on any atom is -0.462 e. The van der Waals surface area contributed by atoms with Crippen molar-refractivity contribution in [1.82, 2.24) is 10.3 Å². The molecule has 3 rings (SSSR count). The highest BCUT2D eigenvalue weighted by Crippen LogP contribution is 2.11. The minimum absolute atomic E-state index is 0.156. The molecule has 0 unspecified atom stereocenters. The number of benzene rings is 2. The number of carbonyl (C=O) groups excluding carboxylic acids is 2. The monoisotopic (exact) mass is 420 g/mol. The molecule has 0 bridgehead atoms. The van der Waals surface area contributed by atoms with Gasteiger partial charge < -0.3 is 10.1 Å². The van der Waals surface area contributed by atoms with Crippen molar-refractivity contribution in [3.05, 3.63) is 95.6 Å². The predicted octanol–water partition coefficient (Wildman–Crippen LogP) is 3.80. The van der Waals surface area contributed by atoms with E-state index in [1.165, 1.54) is 18.2 Å². The molecule has 3 aromatic rings. The first-order valence-electron chi connectivity index (χ1n) is 9.60. The number of carbonyl (C=O) groups is 2. The Morgan fingerprint density at radius 3 is 2.52 bits per heavy atom. The molecule has 7 nitrogen and oxygen atoms in total. The number of aromatic nitrogens is 1. The summed E-state index contributed by atoms with van der Waals surface area (Å²) >= 11 is 0. The van der Waals surface area contributed by atoms with E-state index in [9.17, 15) is 14.0 Å². The lowest BCUT2D eigenvalue weighted by molar-refractivity contribution is 0.0526. The summed E-state index contributed by atoms with van der Waals surface area (Å²) in [7, 11) is 0. The van der Waals surface area contributed by atoms with Crippen LogP contribution in [0.1, 0.15) is 33.3 Å². The fourth-order valence-corrected chi connectivity index (χ4v) is 2.61. The van der Waals surface area contributed by atoms with Crippen molar-refractivity contribution in [2.24, 2.45) is 4.99 Å². The number of anilines is 1. The molecule has 0 atom stereocenters. The lowest BCUT2D eigenvalue weighted by Gasteiger charge is -2.12. The number of rotatable bonds is 6. The van der Waals surface area contributed by atoms with E-state index in [-0.39, 0.29) is 24.7 Å². The number of nitrogens with one attached hydrogen (secondary N) is 2. The van der Waals surface area contributed by atoms with Gasteiger partial charge in [0.15, 0.2) is 0 Å². The van der Waals surface area contributed by atoms with E-state index >= 15 is 0 Å². The maximum absolute atomic E-state index is 13.5. The van der Waals surface area contributed by atoms with Crippen LogP contribution in [0, 0.1) is 5.82 Å². The van der Waals surface area contributed by atoms with E-state index in [1.807, 2.05) is 12.1 Å². The number of ether oxygens (including phenoxy) is 1. The van der Waals surface area contributed by atoms with Gasteiger partial charge in [0, 0.05) is 17.4 Å². The molecular formula is C23H21FN4O3. The molecule has 0 saturated carbocycles. The van der Waals surface area contributed by atoms with Gasteiger partial charge in [-0.15, -0.1) is 0 Å². The number of hydrogen-bond acceptors (Lipinski definition) is 5. The predicted molar refractivity (Wildman–Crippen MR) is 115 cm³/mol.